The first-order valence-electron chi connectivity index (χ1n) is 3.73. The molecule has 0 aromatic carbocycles. The van der Waals surface area contributed by atoms with Crippen molar-refractivity contribution < 1.29 is 0 Å². The van der Waals surface area contributed by atoms with Crippen molar-refractivity contribution in [3.05, 3.63) is 36.5 Å². The number of hydrogen-bond donors (Lipinski definition) is 0. The van der Waals surface area contributed by atoms with Gasteiger partial charge in [-0.25, -0.2) is 0 Å². The summed E-state index contributed by atoms with van der Waals surface area (Å²) >= 11 is 0. The first-order chi connectivity index (χ1) is 4.81. The fourth-order valence-electron chi connectivity index (χ4n) is 0.718. The van der Waals surface area contributed by atoms with Gasteiger partial charge in [0.15, 0.2) is 0 Å². The van der Waals surface area contributed by atoms with Crippen molar-refractivity contribution in [2.75, 3.05) is 0 Å². The molecule has 0 nitrogen and oxygen atoms in total. The number of hydrogen-bond acceptors (Lipinski definition) is 0. The fraction of sp³-hybridized carbons (Fsp3) is 0.400. The van der Waals surface area contributed by atoms with Crippen LogP contribution in [0, 0.1) is 5.92 Å². The van der Waals surface area contributed by atoms with Gasteiger partial charge in [0.05, 0.1) is 0 Å². The molecule has 0 N–H and O–H groups in total. The van der Waals surface area contributed by atoms with E-state index < -0.39 is 0 Å². The SMILES string of the molecule is C/C=C\C=CC(C)/C=C\C. The Hall–Kier alpha value is -0.780. The lowest BCUT2D eigenvalue weighted by molar-refractivity contribution is 0.937. The van der Waals surface area contributed by atoms with Crippen LogP contribution >= 0.6 is 0 Å². The molecule has 0 heteroatoms. The summed E-state index contributed by atoms with van der Waals surface area (Å²) in [5.74, 6) is 0.557. The zero-order valence-corrected chi connectivity index (χ0v) is 7.04. The minimum Gasteiger partial charge on any atom is -0.0911 e. The van der Waals surface area contributed by atoms with E-state index in [0.29, 0.717) is 5.92 Å². The van der Waals surface area contributed by atoms with Gasteiger partial charge in [-0.05, 0) is 19.8 Å². The van der Waals surface area contributed by atoms with E-state index in [-0.39, 0.29) is 0 Å². The molecule has 0 saturated carbocycles. The summed E-state index contributed by atoms with van der Waals surface area (Å²) in [6.07, 6.45) is 12.5. The molecule has 10 heavy (non-hydrogen) atoms. The third kappa shape index (κ3) is 5.36. The van der Waals surface area contributed by atoms with Crippen molar-refractivity contribution in [2.45, 2.75) is 20.8 Å². The fourth-order valence-corrected chi connectivity index (χ4v) is 0.718. The van der Waals surface area contributed by atoms with Gasteiger partial charge in [0.2, 0.25) is 0 Å². The molecular weight excluding hydrogens is 120 g/mol. The maximum Gasteiger partial charge on any atom is -0.00789 e. The smallest absolute Gasteiger partial charge is 0.00789 e. The predicted molar refractivity (Wildman–Crippen MR) is 47.9 cm³/mol. The van der Waals surface area contributed by atoms with E-state index in [1.807, 2.05) is 26.0 Å². The van der Waals surface area contributed by atoms with Crippen molar-refractivity contribution in [1.82, 2.24) is 0 Å². The maximum atomic E-state index is 2.17. The molecule has 56 valence electrons. The highest BCUT2D eigenvalue weighted by Crippen LogP contribution is 1.98. The van der Waals surface area contributed by atoms with Gasteiger partial charge in [0, 0.05) is 0 Å². The lowest BCUT2D eigenvalue weighted by Crippen LogP contribution is -1.79. The summed E-state index contributed by atoms with van der Waals surface area (Å²) in [6, 6.07) is 0. The highest BCUT2D eigenvalue weighted by Gasteiger charge is 1.83. The molecule has 0 radical (unpaired) electrons. The largest absolute Gasteiger partial charge is 0.0911 e. The average Bonchev–Trinajstić information content (AvgIpc) is 1.89. The Morgan fingerprint density at radius 2 is 1.60 bits per heavy atom. The quantitative estimate of drug-likeness (QED) is 0.412. The second-order valence-electron chi connectivity index (χ2n) is 2.30. The Labute approximate surface area is 64.0 Å². The zero-order valence-electron chi connectivity index (χ0n) is 7.04. The summed E-state index contributed by atoms with van der Waals surface area (Å²) in [7, 11) is 0. The van der Waals surface area contributed by atoms with Crippen molar-refractivity contribution in [3.8, 4) is 0 Å². The standard InChI is InChI=1S/C10H16/c1-4-6-7-9-10(3)8-5-2/h4-10H,1-3H3/b6-4-,8-5-,9-7?. The Kier molecular flexibility index (Phi) is 5.85. The molecule has 0 spiro atoms. The Balaban J connectivity index is 3.65. The third-order valence-electron chi connectivity index (χ3n) is 1.21. The Morgan fingerprint density at radius 3 is 2.10 bits per heavy atom. The first kappa shape index (κ1) is 9.22. The lowest BCUT2D eigenvalue weighted by atomic mass is 10.1. The molecule has 0 aromatic rings. The van der Waals surface area contributed by atoms with Crippen molar-refractivity contribution in [1.29, 1.82) is 0 Å². The summed E-state index contributed by atoms with van der Waals surface area (Å²) in [5, 5.41) is 0. The molecule has 0 heterocycles. The zero-order chi connectivity index (χ0) is 7.82. The van der Waals surface area contributed by atoms with Crippen LogP contribution in [-0.4, -0.2) is 0 Å². The summed E-state index contributed by atoms with van der Waals surface area (Å²) in [5.41, 5.74) is 0. The molecular formula is C10H16. The Morgan fingerprint density at radius 1 is 0.900 bits per heavy atom. The van der Waals surface area contributed by atoms with Gasteiger partial charge in [-0.3, -0.25) is 0 Å². The highest BCUT2D eigenvalue weighted by molar-refractivity contribution is 5.06. The van der Waals surface area contributed by atoms with Crippen molar-refractivity contribution in [3.63, 3.8) is 0 Å². The van der Waals surface area contributed by atoms with Crippen LogP contribution in [0.3, 0.4) is 0 Å². The second kappa shape index (κ2) is 6.34. The molecule has 0 bridgehead atoms. The van der Waals surface area contributed by atoms with E-state index in [1.165, 1.54) is 0 Å². The molecule has 0 aliphatic heterocycles. The van der Waals surface area contributed by atoms with Crippen LogP contribution in [-0.2, 0) is 0 Å². The van der Waals surface area contributed by atoms with E-state index in [2.05, 4.69) is 31.2 Å². The number of allylic oxidation sites excluding steroid dienone is 6. The van der Waals surface area contributed by atoms with Gasteiger partial charge in [0.1, 0.15) is 0 Å². The molecule has 1 unspecified atom stereocenters. The predicted octanol–water partition coefficient (Wildman–Crippen LogP) is 3.33. The van der Waals surface area contributed by atoms with E-state index >= 15 is 0 Å². The molecule has 0 amide bonds. The molecule has 0 aliphatic carbocycles. The van der Waals surface area contributed by atoms with Crippen LogP contribution in [0.1, 0.15) is 20.8 Å². The monoisotopic (exact) mass is 136 g/mol. The number of rotatable bonds is 3. The molecule has 0 fully saturated rings. The minimum atomic E-state index is 0.557. The Bertz CT molecular complexity index is 138. The molecule has 0 saturated heterocycles. The summed E-state index contributed by atoms with van der Waals surface area (Å²) < 4.78 is 0. The topological polar surface area (TPSA) is 0 Å². The van der Waals surface area contributed by atoms with Gasteiger partial charge >= 0.3 is 0 Å². The van der Waals surface area contributed by atoms with Crippen LogP contribution in [0.2, 0.25) is 0 Å². The van der Waals surface area contributed by atoms with E-state index in [9.17, 15) is 0 Å². The normalized spacial score (nSPS) is 15.9. The average molecular weight is 136 g/mol. The van der Waals surface area contributed by atoms with Gasteiger partial charge in [-0.1, -0.05) is 43.4 Å². The van der Waals surface area contributed by atoms with E-state index in [4.69, 9.17) is 0 Å². The van der Waals surface area contributed by atoms with Crippen LogP contribution in [0.4, 0.5) is 0 Å². The summed E-state index contributed by atoms with van der Waals surface area (Å²) in [4.78, 5) is 0. The van der Waals surface area contributed by atoms with Crippen LogP contribution in [0.15, 0.2) is 36.5 Å². The lowest BCUT2D eigenvalue weighted by Gasteiger charge is -1.93. The second-order valence-corrected chi connectivity index (χ2v) is 2.30. The molecule has 0 rings (SSSR count). The third-order valence-corrected chi connectivity index (χ3v) is 1.21. The van der Waals surface area contributed by atoms with Crippen LogP contribution < -0.4 is 0 Å². The first-order valence-corrected chi connectivity index (χ1v) is 3.73. The van der Waals surface area contributed by atoms with Gasteiger partial charge in [0.25, 0.3) is 0 Å². The molecule has 0 aliphatic rings. The highest BCUT2D eigenvalue weighted by atomic mass is 13.9. The minimum absolute atomic E-state index is 0.557. The van der Waals surface area contributed by atoms with Crippen LogP contribution in [0.5, 0.6) is 0 Å². The molecule has 0 aromatic heterocycles. The molecule has 1 atom stereocenters. The maximum absolute atomic E-state index is 2.17. The van der Waals surface area contributed by atoms with Crippen molar-refractivity contribution in [2.24, 2.45) is 5.92 Å². The van der Waals surface area contributed by atoms with Crippen molar-refractivity contribution >= 4 is 0 Å². The van der Waals surface area contributed by atoms with Crippen LogP contribution in [0.25, 0.3) is 0 Å². The van der Waals surface area contributed by atoms with Gasteiger partial charge < -0.3 is 0 Å². The van der Waals surface area contributed by atoms with Gasteiger partial charge in [-0.2, -0.15) is 0 Å². The van der Waals surface area contributed by atoms with Gasteiger partial charge in [-0.15, -0.1) is 0 Å². The van der Waals surface area contributed by atoms with E-state index in [1.54, 1.807) is 0 Å². The van der Waals surface area contributed by atoms with E-state index in [0.717, 1.165) is 0 Å². The summed E-state index contributed by atoms with van der Waals surface area (Å²) in [6.45, 7) is 6.23.